The van der Waals surface area contributed by atoms with Crippen LogP contribution in [0.5, 0.6) is 0 Å². The van der Waals surface area contributed by atoms with Crippen molar-refractivity contribution < 1.29 is 4.43 Å². The molecule has 0 aliphatic rings. The molecular formula is C3H4OSi. The summed E-state index contributed by atoms with van der Waals surface area (Å²) in [6, 6.07) is 0. The van der Waals surface area contributed by atoms with Gasteiger partial charge >= 0.3 is 9.76 Å². The van der Waals surface area contributed by atoms with Crippen LogP contribution < -0.4 is 0 Å². The van der Waals surface area contributed by atoms with Gasteiger partial charge in [-0.25, -0.2) is 0 Å². The fourth-order valence-corrected chi connectivity index (χ4v) is 0.177. The molecule has 0 saturated heterocycles. The molecule has 0 aromatic carbocycles. The van der Waals surface area contributed by atoms with Gasteiger partial charge in [-0.3, -0.25) is 0 Å². The molecule has 2 radical (unpaired) electrons. The minimum Gasteiger partial charge on any atom is -0.408 e. The normalized spacial score (nSPS) is 6.40. The van der Waals surface area contributed by atoms with Crippen LogP contribution in [0.1, 0.15) is 0 Å². The summed E-state index contributed by atoms with van der Waals surface area (Å²) < 4.78 is 4.48. The molecule has 0 aliphatic carbocycles. The van der Waals surface area contributed by atoms with Gasteiger partial charge < -0.3 is 4.43 Å². The maximum Gasteiger partial charge on any atom is 0.332 e. The second-order valence-corrected chi connectivity index (χ2v) is 1.35. The van der Waals surface area contributed by atoms with E-state index in [1.54, 1.807) is 7.11 Å². The molecular weight excluding hydrogens is 80.1 g/mol. The van der Waals surface area contributed by atoms with E-state index in [2.05, 4.69) is 9.97 Å². The van der Waals surface area contributed by atoms with Gasteiger partial charge in [0.2, 0.25) is 0 Å². The number of hydrogen-bond acceptors (Lipinski definition) is 1. The van der Waals surface area contributed by atoms with Crippen LogP contribution >= 0.6 is 0 Å². The van der Waals surface area contributed by atoms with Crippen LogP contribution in [0.15, 0.2) is 0 Å². The zero-order valence-corrected chi connectivity index (χ0v) is 3.99. The van der Waals surface area contributed by atoms with Gasteiger partial charge in [0.25, 0.3) is 0 Å². The molecule has 0 saturated carbocycles. The molecule has 0 aromatic heterocycles. The zero-order chi connectivity index (χ0) is 4.12. The van der Waals surface area contributed by atoms with Gasteiger partial charge in [0.05, 0.1) is 0 Å². The lowest BCUT2D eigenvalue weighted by Crippen LogP contribution is -1.84. The van der Waals surface area contributed by atoms with E-state index >= 15 is 0 Å². The summed E-state index contributed by atoms with van der Waals surface area (Å²) in [5, 5.41) is 0. The van der Waals surface area contributed by atoms with Crippen LogP contribution in [0.3, 0.4) is 0 Å². The first-order valence-electron chi connectivity index (χ1n) is 1.15. The summed E-state index contributed by atoms with van der Waals surface area (Å²) >= 11 is 0. The van der Waals surface area contributed by atoms with Gasteiger partial charge in [0, 0.05) is 7.11 Å². The first kappa shape index (κ1) is 4.74. The Hall–Kier alpha value is -0.263. The maximum atomic E-state index is 4.78. The van der Waals surface area contributed by atoms with Crippen LogP contribution in [0.4, 0.5) is 0 Å². The van der Waals surface area contributed by atoms with Crippen molar-refractivity contribution in [1.29, 1.82) is 0 Å². The third-order valence-electron chi connectivity index (χ3n) is 0.161. The minimum absolute atomic E-state index is 0.225. The first-order chi connectivity index (χ1) is 2.41. The van der Waals surface area contributed by atoms with Crippen molar-refractivity contribution in [3.05, 3.63) is 0 Å². The van der Waals surface area contributed by atoms with E-state index in [-0.39, 0.29) is 9.76 Å². The van der Waals surface area contributed by atoms with Crippen molar-refractivity contribution >= 4 is 9.76 Å². The van der Waals surface area contributed by atoms with E-state index in [9.17, 15) is 0 Å². The number of terminal acetylenes is 1. The van der Waals surface area contributed by atoms with Crippen molar-refractivity contribution in [2.45, 2.75) is 0 Å². The summed E-state index contributed by atoms with van der Waals surface area (Å²) in [6.07, 6.45) is 4.78. The predicted molar refractivity (Wildman–Crippen MR) is 21.6 cm³/mol. The quantitative estimate of drug-likeness (QED) is 0.317. The minimum atomic E-state index is 0.225. The van der Waals surface area contributed by atoms with Gasteiger partial charge in [-0.15, -0.1) is 12.0 Å². The van der Waals surface area contributed by atoms with Gasteiger partial charge in [0.1, 0.15) is 0 Å². The van der Waals surface area contributed by atoms with Crippen LogP contribution in [0.25, 0.3) is 0 Å². The van der Waals surface area contributed by atoms with Gasteiger partial charge in [-0.2, -0.15) is 0 Å². The molecule has 1 nitrogen and oxygen atoms in total. The first-order valence-corrected chi connectivity index (χ1v) is 2.06. The van der Waals surface area contributed by atoms with Crippen molar-refractivity contribution in [3.8, 4) is 12.0 Å². The molecule has 0 amide bonds. The summed E-state index contributed by atoms with van der Waals surface area (Å²) in [4.78, 5) is 0. The maximum absolute atomic E-state index is 4.78. The molecule has 2 heteroatoms. The Morgan fingerprint density at radius 1 is 2.00 bits per heavy atom. The standard InChI is InChI=1S/C3H4OSi/c1-3-5-4-2/h1H,2H3. The number of rotatable bonds is 1. The molecule has 0 unspecified atom stereocenters. The van der Waals surface area contributed by atoms with E-state index in [1.165, 1.54) is 0 Å². The Balaban J connectivity index is 2.48. The summed E-state index contributed by atoms with van der Waals surface area (Å²) in [6.45, 7) is 0. The largest absolute Gasteiger partial charge is 0.408 e. The monoisotopic (exact) mass is 84.0 g/mol. The average Bonchev–Trinajstić information content (AvgIpc) is 1.41. The van der Waals surface area contributed by atoms with E-state index in [0.717, 1.165) is 0 Å². The van der Waals surface area contributed by atoms with Crippen LogP contribution in [0.2, 0.25) is 0 Å². The molecule has 0 aliphatic heterocycles. The molecule has 0 N–H and O–H groups in total. The van der Waals surface area contributed by atoms with Crippen molar-refractivity contribution in [2.75, 3.05) is 7.11 Å². The lowest BCUT2D eigenvalue weighted by Gasteiger charge is -1.72. The second kappa shape index (κ2) is 3.74. The molecule has 0 rings (SSSR count). The summed E-state index contributed by atoms with van der Waals surface area (Å²) in [7, 11) is 1.81. The summed E-state index contributed by atoms with van der Waals surface area (Å²) in [5.74, 6) is 0. The molecule has 0 aromatic rings. The van der Waals surface area contributed by atoms with Crippen molar-refractivity contribution in [1.82, 2.24) is 0 Å². The van der Waals surface area contributed by atoms with E-state index in [0.29, 0.717) is 0 Å². The molecule has 0 fully saturated rings. The highest BCUT2D eigenvalue weighted by Gasteiger charge is 1.66. The van der Waals surface area contributed by atoms with Gasteiger partial charge in [-0.1, -0.05) is 0 Å². The van der Waals surface area contributed by atoms with E-state index < -0.39 is 0 Å². The van der Waals surface area contributed by atoms with E-state index in [1.807, 2.05) is 0 Å². The molecule has 0 spiro atoms. The smallest absolute Gasteiger partial charge is 0.332 e. The molecule has 0 heterocycles. The third kappa shape index (κ3) is 3.74. The highest BCUT2D eigenvalue weighted by atomic mass is 28.2. The zero-order valence-electron chi connectivity index (χ0n) is 2.99. The highest BCUT2D eigenvalue weighted by molar-refractivity contribution is 6.38. The van der Waals surface area contributed by atoms with Crippen molar-refractivity contribution in [2.24, 2.45) is 0 Å². The number of hydrogen-bond donors (Lipinski definition) is 0. The predicted octanol–water partition coefficient (Wildman–Crippen LogP) is -0.157. The fourth-order valence-electron chi connectivity index (χ4n) is 0.0589. The van der Waals surface area contributed by atoms with Gasteiger partial charge in [0.15, 0.2) is 0 Å². The van der Waals surface area contributed by atoms with E-state index in [4.69, 9.17) is 6.42 Å². The second-order valence-electron chi connectivity index (χ2n) is 0.451. The molecule has 0 atom stereocenters. The van der Waals surface area contributed by atoms with Crippen LogP contribution in [0, 0.1) is 12.0 Å². The SMILES string of the molecule is C#C[Si]OC. The Labute approximate surface area is 34.3 Å². The Bertz CT molecular complexity index is 45.3. The molecule has 26 valence electrons. The van der Waals surface area contributed by atoms with Crippen LogP contribution in [-0.2, 0) is 4.43 Å². The Morgan fingerprint density at radius 3 is 2.60 bits per heavy atom. The topological polar surface area (TPSA) is 9.23 Å². The third-order valence-corrected chi connectivity index (χ3v) is 0.483. The van der Waals surface area contributed by atoms with Gasteiger partial charge in [-0.05, 0) is 0 Å². The average molecular weight is 84.1 g/mol. The molecule has 0 bridgehead atoms. The Kier molecular flexibility index (Phi) is 3.54. The fraction of sp³-hybridized carbons (Fsp3) is 0.333. The van der Waals surface area contributed by atoms with Crippen molar-refractivity contribution in [3.63, 3.8) is 0 Å². The van der Waals surface area contributed by atoms with Crippen LogP contribution in [-0.4, -0.2) is 16.9 Å². The Morgan fingerprint density at radius 2 is 2.60 bits per heavy atom. The molecule has 5 heavy (non-hydrogen) atoms. The highest BCUT2D eigenvalue weighted by Crippen LogP contribution is 1.48. The lowest BCUT2D eigenvalue weighted by atomic mass is 11.4. The lowest BCUT2D eigenvalue weighted by molar-refractivity contribution is 0.451. The summed E-state index contributed by atoms with van der Waals surface area (Å²) in [5.41, 5.74) is 2.32.